The van der Waals surface area contributed by atoms with E-state index in [-0.39, 0.29) is 0 Å². The van der Waals surface area contributed by atoms with Crippen LogP contribution in [-0.4, -0.2) is 19.7 Å². The summed E-state index contributed by atoms with van der Waals surface area (Å²) in [4.78, 5) is 0. The molecule has 0 spiro atoms. The van der Waals surface area contributed by atoms with Crippen LogP contribution in [0.5, 0.6) is 11.5 Å². The molecular formula is C11H15NO2. The predicted octanol–water partition coefficient (Wildman–Crippen LogP) is 1.57. The highest BCUT2D eigenvalue weighted by molar-refractivity contribution is 5.44. The van der Waals surface area contributed by atoms with Gasteiger partial charge in [-0.3, -0.25) is 0 Å². The van der Waals surface area contributed by atoms with Crippen LogP contribution in [0.15, 0.2) is 18.1 Å². The first-order chi connectivity index (χ1) is 11.0. The molecule has 1 N–H and O–H groups in total. The van der Waals surface area contributed by atoms with Crippen molar-refractivity contribution in [2.24, 2.45) is 0 Å². The Bertz CT molecular complexity index is 713. The predicted molar refractivity (Wildman–Crippen MR) is 54.8 cm³/mol. The van der Waals surface area contributed by atoms with E-state index < -0.39 is 61.3 Å². The summed E-state index contributed by atoms with van der Waals surface area (Å²) in [5.74, 6) is -1.09. The topological polar surface area (TPSA) is 30.5 Å². The lowest BCUT2D eigenvalue weighted by Crippen LogP contribution is -2.23. The summed E-state index contributed by atoms with van der Waals surface area (Å²) >= 11 is 0. The van der Waals surface area contributed by atoms with Crippen molar-refractivity contribution in [1.82, 2.24) is 5.32 Å². The molecule has 0 radical (unpaired) electrons. The molecule has 0 aromatic heterocycles. The highest BCUT2D eigenvalue weighted by atomic mass is 16.7. The van der Waals surface area contributed by atoms with E-state index in [2.05, 4.69) is 0 Å². The van der Waals surface area contributed by atoms with Crippen molar-refractivity contribution in [3.63, 3.8) is 0 Å². The van der Waals surface area contributed by atoms with Gasteiger partial charge in [0.05, 0.1) is 4.11 Å². The van der Waals surface area contributed by atoms with Crippen LogP contribution in [0.4, 0.5) is 0 Å². The zero-order valence-electron chi connectivity index (χ0n) is 18.3. The third-order valence-electron chi connectivity index (χ3n) is 1.53. The normalized spacial score (nSPS) is 34.8. The molecule has 1 unspecified atom stereocenters. The van der Waals surface area contributed by atoms with Gasteiger partial charge < -0.3 is 14.8 Å². The maximum atomic E-state index is 8.14. The highest BCUT2D eigenvalue weighted by Gasteiger charge is 2.13. The van der Waals surface area contributed by atoms with Gasteiger partial charge in [0.15, 0.2) is 11.5 Å². The van der Waals surface area contributed by atoms with E-state index in [1.165, 1.54) is 0 Å². The molecule has 1 aliphatic heterocycles. The number of rotatable bonds is 3. The molecule has 0 amide bonds. The largest absolute Gasteiger partial charge is 0.454 e. The van der Waals surface area contributed by atoms with Crippen LogP contribution in [-0.2, 0) is 6.37 Å². The Morgan fingerprint density at radius 1 is 1.79 bits per heavy atom. The van der Waals surface area contributed by atoms with Gasteiger partial charge in [-0.1, -0.05) is 6.04 Å². The molecule has 1 aliphatic rings. The van der Waals surface area contributed by atoms with Crippen LogP contribution in [0.25, 0.3) is 0 Å². The Balaban J connectivity index is 2.66. The van der Waals surface area contributed by atoms with Crippen molar-refractivity contribution in [1.29, 1.82) is 0 Å². The van der Waals surface area contributed by atoms with E-state index in [1.807, 2.05) is 5.32 Å². The minimum absolute atomic E-state index is 0.519. The van der Waals surface area contributed by atoms with Gasteiger partial charge in [-0.2, -0.15) is 0 Å². The second-order valence-electron chi connectivity index (χ2n) is 2.57. The van der Waals surface area contributed by atoms with E-state index in [0.717, 1.165) is 6.92 Å². The van der Waals surface area contributed by atoms with Gasteiger partial charge in [-0.15, -0.1) is 0 Å². The molecule has 0 bridgehead atoms. The molecule has 2 rings (SSSR count). The SMILES string of the molecule is [2H]c1c([2H])c(C([2H])([2H])C([2H])(C)NC([2H])([2H])[2H])c([2H])c2c1OC([2H])([2H])O2. The molecule has 76 valence electrons. The van der Waals surface area contributed by atoms with E-state index in [4.69, 9.17) is 24.6 Å². The second-order valence-corrected chi connectivity index (χ2v) is 2.57. The minimum atomic E-state index is -2.90. The first kappa shape index (κ1) is 2.89. The van der Waals surface area contributed by atoms with Crippen molar-refractivity contribution in [3.8, 4) is 11.5 Å². The molecule has 3 heteroatoms. The Hall–Kier alpha value is -1.22. The lowest BCUT2D eigenvalue weighted by Gasteiger charge is -2.09. The third kappa shape index (κ3) is 1.82. The molecule has 1 heterocycles. The van der Waals surface area contributed by atoms with Gasteiger partial charge in [-0.05, 0) is 37.9 Å². The van der Waals surface area contributed by atoms with Crippen molar-refractivity contribution >= 4 is 0 Å². The number of likely N-dealkylation sites (N-methyl/N-ethyl adjacent to an activating group) is 1. The average molecular weight is 204 g/mol. The maximum absolute atomic E-state index is 8.14. The quantitative estimate of drug-likeness (QED) is 0.810. The minimum Gasteiger partial charge on any atom is -0.454 e. The Morgan fingerprint density at radius 3 is 3.50 bits per heavy atom. The zero-order chi connectivity index (χ0) is 19.6. The number of benzene rings is 1. The molecule has 0 aliphatic carbocycles. The standard InChI is InChI=1S/C11H15NO2/c1-8(12-2)5-9-3-4-10-11(6-9)14-7-13-10/h3-4,6,8,12H,5,7H2,1-2H3/i2D3,3D,4D,5D2,6D,7D2,8D. The van der Waals surface area contributed by atoms with Crippen LogP contribution >= 0.6 is 0 Å². The Labute approximate surface area is 99.5 Å². The van der Waals surface area contributed by atoms with Crippen LogP contribution < -0.4 is 14.8 Å². The Morgan fingerprint density at radius 2 is 2.64 bits per heavy atom. The molecule has 0 fully saturated rings. The number of fused-ring (bicyclic) bond motifs is 1. The summed E-state index contributed by atoms with van der Waals surface area (Å²) in [5, 5.41) is 1.81. The molecule has 0 saturated carbocycles. The molecular weight excluding hydrogens is 178 g/mol. The zero-order valence-corrected chi connectivity index (χ0v) is 7.32. The fraction of sp³-hybridized carbons (Fsp3) is 0.455. The van der Waals surface area contributed by atoms with Crippen molar-refractivity contribution in [2.45, 2.75) is 19.3 Å². The smallest absolute Gasteiger partial charge is 0.231 e. The van der Waals surface area contributed by atoms with Crippen molar-refractivity contribution in [3.05, 3.63) is 23.7 Å². The monoisotopic (exact) mass is 204 g/mol. The van der Waals surface area contributed by atoms with Crippen molar-refractivity contribution in [2.75, 3.05) is 13.7 Å². The number of hydrogen-bond acceptors (Lipinski definition) is 3. The third-order valence-corrected chi connectivity index (χ3v) is 1.53. The van der Waals surface area contributed by atoms with Gasteiger partial charge in [0.25, 0.3) is 0 Å². The fourth-order valence-corrected chi connectivity index (χ4v) is 0.907. The molecule has 1 aromatic rings. The summed E-state index contributed by atoms with van der Waals surface area (Å²) in [6, 6.07) is -4.83. The molecule has 1 atom stereocenters. The van der Waals surface area contributed by atoms with E-state index in [0.29, 0.717) is 0 Å². The first-order valence-corrected chi connectivity index (χ1v) is 3.82. The van der Waals surface area contributed by atoms with Crippen LogP contribution in [0.1, 0.15) is 27.6 Å². The molecule has 1 aromatic carbocycles. The van der Waals surface area contributed by atoms with Crippen molar-refractivity contribution < 1.29 is 24.6 Å². The second kappa shape index (κ2) is 3.88. The first-order valence-electron chi connectivity index (χ1n) is 9.32. The van der Waals surface area contributed by atoms with Crippen LogP contribution in [0.2, 0.25) is 0 Å². The van der Waals surface area contributed by atoms with Gasteiger partial charge >= 0.3 is 0 Å². The van der Waals surface area contributed by atoms with E-state index in [9.17, 15) is 0 Å². The summed E-state index contributed by atoms with van der Waals surface area (Å²) < 4.78 is 93.9. The number of hydrogen-bond donors (Lipinski definition) is 1. The van der Waals surface area contributed by atoms with E-state index >= 15 is 0 Å². The maximum Gasteiger partial charge on any atom is 0.231 e. The van der Waals surface area contributed by atoms with Gasteiger partial charge in [0.2, 0.25) is 6.75 Å². The summed E-state index contributed by atoms with van der Waals surface area (Å²) in [6.45, 7) is -4.63. The van der Waals surface area contributed by atoms with Gasteiger partial charge in [-0.25, -0.2) is 0 Å². The molecule has 3 nitrogen and oxygen atoms in total. The van der Waals surface area contributed by atoms with Crippen LogP contribution in [0, 0.1) is 0 Å². The van der Waals surface area contributed by atoms with E-state index in [1.54, 1.807) is 0 Å². The summed E-state index contributed by atoms with van der Waals surface area (Å²) in [5.41, 5.74) is -0.771. The number of ether oxygens (including phenoxy) is 2. The van der Waals surface area contributed by atoms with Gasteiger partial charge in [0.1, 0.15) is 2.74 Å². The summed E-state index contributed by atoms with van der Waals surface area (Å²) in [6.07, 6.45) is -2.90. The van der Waals surface area contributed by atoms with Crippen LogP contribution in [0.3, 0.4) is 0 Å². The highest BCUT2D eigenvalue weighted by Crippen LogP contribution is 2.32. The summed E-state index contributed by atoms with van der Waals surface area (Å²) in [7, 11) is 0. The molecule has 0 saturated heterocycles. The van der Waals surface area contributed by atoms with Gasteiger partial charge in [0, 0.05) is 14.2 Å². The fourth-order valence-electron chi connectivity index (χ4n) is 0.907. The average Bonchev–Trinajstić information content (AvgIpc) is 2.69. The Kier molecular flexibility index (Phi) is 0.801. The lowest BCUT2D eigenvalue weighted by atomic mass is 10.1. The lowest BCUT2D eigenvalue weighted by molar-refractivity contribution is 0.174. The molecule has 14 heavy (non-hydrogen) atoms. The number of nitrogens with one attached hydrogen (secondary N) is 1.